The molecular weight excluding hydrogens is 420 g/mol. The van der Waals surface area contributed by atoms with Gasteiger partial charge in [0.25, 0.3) is 0 Å². The van der Waals surface area contributed by atoms with Gasteiger partial charge in [-0.1, -0.05) is 49.8 Å². The zero-order valence-electron chi connectivity index (χ0n) is 20.0. The Bertz CT molecular complexity index is 978. The van der Waals surface area contributed by atoms with E-state index < -0.39 is 41.5 Å². The summed E-state index contributed by atoms with van der Waals surface area (Å²) in [7, 11) is 0. The number of carbonyl (C=O) groups is 2. The molecule has 0 radical (unpaired) electrons. The fourth-order valence-corrected chi connectivity index (χ4v) is 5.79. The van der Waals surface area contributed by atoms with Crippen molar-refractivity contribution in [2.45, 2.75) is 83.4 Å². The summed E-state index contributed by atoms with van der Waals surface area (Å²) in [6.07, 6.45) is 3.05. The van der Waals surface area contributed by atoms with Crippen LogP contribution in [0.3, 0.4) is 0 Å². The van der Waals surface area contributed by atoms with Crippen LogP contribution in [0.2, 0.25) is 0 Å². The van der Waals surface area contributed by atoms with E-state index in [-0.39, 0.29) is 11.8 Å². The molecule has 1 aromatic carbocycles. The molecule has 2 heterocycles. The van der Waals surface area contributed by atoms with Gasteiger partial charge in [-0.3, -0.25) is 0 Å². The fraction of sp³-hybridized carbons (Fsp3) is 0.556. The summed E-state index contributed by atoms with van der Waals surface area (Å²) in [5.74, 6) is -1.10. The Morgan fingerprint density at radius 1 is 1.18 bits per heavy atom. The van der Waals surface area contributed by atoms with Crippen LogP contribution in [-0.4, -0.2) is 46.6 Å². The largest absolute Gasteiger partial charge is 0.457 e. The first-order valence-corrected chi connectivity index (χ1v) is 11.8. The van der Waals surface area contributed by atoms with Gasteiger partial charge < -0.3 is 19.3 Å². The molecule has 0 spiro atoms. The number of ether oxygens (including phenoxy) is 3. The van der Waals surface area contributed by atoms with Gasteiger partial charge in [-0.2, -0.15) is 0 Å². The van der Waals surface area contributed by atoms with Crippen LogP contribution >= 0.6 is 0 Å². The van der Waals surface area contributed by atoms with E-state index in [2.05, 4.69) is 6.92 Å². The summed E-state index contributed by atoms with van der Waals surface area (Å²) in [5.41, 5.74) is 1.69. The zero-order valence-corrected chi connectivity index (χ0v) is 20.0. The maximum Gasteiger partial charge on any atom is 0.335 e. The molecule has 6 heteroatoms. The van der Waals surface area contributed by atoms with Crippen LogP contribution in [0.25, 0.3) is 6.08 Å². The lowest BCUT2D eigenvalue weighted by molar-refractivity contribution is -0.223. The molecule has 3 aliphatic rings. The molecule has 4 rings (SSSR count). The van der Waals surface area contributed by atoms with Gasteiger partial charge in [0.2, 0.25) is 0 Å². The number of rotatable bonds is 6. The minimum absolute atomic E-state index is 0.00447. The monoisotopic (exact) mass is 454 g/mol. The maximum absolute atomic E-state index is 12.9. The Labute approximate surface area is 195 Å². The number of hydrogen-bond acceptors (Lipinski definition) is 6. The van der Waals surface area contributed by atoms with Crippen molar-refractivity contribution < 1.29 is 28.9 Å². The van der Waals surface area contributed by atoms with Gasteiger partial charge in [-0.25, -0.2) is 9.59 Å². The van der Waals surface area contributed by atoms with Gasteiger partial charge in [0.05, 0.1) is 0 Å². The van der Waals surface area contributed by atoms with Gasteiger partial charge in [-0.05, 0) is 56.7 Å². The number of esters is 2. The molecule has 1 aliphatic carbocycles. The molecule has 2 aliphatic heterocycles. The summed E-state index contributed by atoms with van der Waals surface area (Å²) in [6, 6.07) is 9.60. The van der Waals surface area contributed by atoms with Crippen molar-refractivity contribution in [1.82, 2.24) is 0 Å². The second-order valence-corrected chi connectivity index (χ2v) is 10.1. The van der Waals surface area contributed by atoms with Crippen LogP contribution in [0.1, 0.15) is 59.4 Å². The molecule has 1 aromatic rings. The molecule has 6 atom stereocenters. The fourth-order valence-electron chi connectivity index (χ4n) is 5.79. The van der Waals surface area contributed by atoms with Gasteiger partial charge in [0.15, 0.2) is 6.10 Å². The van der Waals surface area contributed by atoms with Crippen molar-refractivity contribution in [3.63, 3.8) is 0 Å². The number of benzene rings is 1. The van der Waals surface area contributed by atoms with Crippen LogP contribution < -0.4 is 0 Å². The Morgan fingerprint density at radius 2 is 1.88 bits per heavy atom. The molecule has 1 N–H and O–H groups in total. The van der Waals surface area contributed by atoms with Crippen molar-refractivity contribution in [3.8, 4) is 0 Å². The molecule has 33 heavy (non-hydrogen) atoms. The number of hydrogen-bond donors (Lipinski definition) is 1. The van der Waals surface area contributed by atoms with E-state index in [0.29, 0.717) is 6.42 Å². The molecule has 2 saturated heterocycles. The first kappa shape index (κ1) is 23.7. The molecule has 0 amide bonds. The number of carbonyl (C=O) groups excluding carboxylic acids is 2. The van der Waals surface area contributed by atoms with Crippen LogP contribution in [0.4, 0.5) is 0 Å². The lowest BCUT2D eigenvalue weighted by Crippen LogP contribution is -2.58. The predicted molar refractivity (Wildman–Crippen MR) is 124 cm³/mol. The van der Waals surface area contributed by atoms with Gasteiger partial charge in [0, 0.05) is 18.4 Å². The Balaban J connectivity index is 1.68. The molecule has 2 bridgehead atoms. The predicted octanol–water partition coefficient (Wildman–Crippen LogP) is 4.22. The highest BCUT2D eigenvalue weighted by atomic mass is 16.6. The molecular formula is C27H34O6. The number of aliphatic hydroxyl groups excluding tert-OH is 1. The van der Waals surface area contributed by atoms with Crippen LogP contribution in [0.15, 0.2) is 47.6 Å². The number of allylic oxidation sites excluding steroid dienone is 1. The minimum Gasteiger partial charge on any atom is -0.457 e. The number of fused-ring (bicyclic) bond motifs is 4. The average molecular weight is 455 g/mol. The Hall–Kier alpha value is -2.44. The standard InChI is InChI=1S/C27H34O6/c1-16(2)27-15-21(31-25(30)18(4)28)26(5,33-27)20-13-11-17(3)23(20)24(27)32-22(29)14-12-19-9-7-6-8-10-19/h6-10,12,14,16,18,20-21,24,28H,11,13,15H2,1-5H3/b14-12+/t18-,20+,21+,24-,26-,27+/m0/s1. The lowest BCUT2D eigenvalue weighted by atomic mass is 9.74. The van der Waals surface area contributed by atoms with Crippen molar-refractivity contribution in [1.29, 1.82) is 0 Å². The SMILES string of the molecule is CC1=C2[C@@H](CC1)[C@]1(C)O[C@@](C(C)C)(C[C@H]1OC(=O)[C@H](C)O)[C@H]2OC(=O)/C=C/c1ccccc1. The quantitative estimate of drug-likeness (QED) is 0.394. The zero-order chi connectivity index (χ0) is 24.0. The molecule has 0 unspecified atom stereocenters. The summed E-state index contributed by atoms with van der Waals surface area (Å²) in [4.78, 5) is 25.2. The third kappa shape index (κ3) is 4.04. The summed E-state index contributed by atoms with van der Waals surface area (Å²) >= 11 is 0. The van der Waals surface area contributed by atoms with E-state index in [1.807, 2.05) is 51.1 Å². The van der Waals surface area contributed by atoms with Crippen molar-refractivity contribution in [2.24, 2.45) is 11.8 Å². The highest BCUT2D eigenvalue weighted by molar-refractivity contribution is 5.87. The highest BCUT2D eigenvalue weighted by Gasteiger charge is 2.70. The second-order valence-electron chi connectivity index (χ2n) is 10.1. The van der Waals surface area contributed by atoms with E-state index in [9.17, 15) is 14.7 Å². The van der Waals surface area contributed by atoms with Crippen molar-refractivity contribution in [3.05, 3.63) is 53.1 Å². The third-order valence-corrected chi connectivity index (χ3v) is 7.67. The maximum atomic E-state index is 12.9. The van der Waals surface area contributed by atoms with Crippen molar-refractivity contribution >= 4 is 18.0 Å². The first-order valence-electron chi connectivity index (χ1n) is 11.8. The molecule has 6 nitrogen and oxygen atoms in total. The molecule has 178 valence electrons. The Morgan fingerprint density at radius 3 is 2.52 bits per heavy atom. The van der Waals surface area contributed by atoms with E-state index in [1.165, 1.54) is 18.6 Å². The van der Waals surface area contributed by atoms with Gasteiger partial charge >= 0.3 is 11.9 Å². The smallest absolute Gasteiger partial charge is 0.335 e. The van der Waals surface area contributed by atoms with Crippen LogP contribution in [-0.2, 0) is 23.8 Å². The molecule has 0 aromatic heterocycles. The highest BCUT2D eigenvalue weighted by Crippen LogP contribution is 2.61. The van der Waals surface area contributed by atoms with Gasteiger partial charge in [0.1, 0.15) is 23.4 Å². The topological polar surface area (TPSA) is 82.1 Å². The van der Waals surface area contributed by atoms with Crippen molar-refractivity contribution in [2.75, 3.05) is 0 Å². The first-order chi connectivity index (χ1) is 15.6. The van der Waals surface area contributed by atoms with E-state index in [0.717, 1.165) is 24.0 Å². The van der Waals surface area contributed by atoms with E-state index >= 15 is 0 Å². The molecule has 0 saturated carbocycles. The number of aliphatic hydroxyl groups is 1. The third-order valence-electron chi connectivity index (χ3n) is 7.67. The van der Waals surface area contributed by atoms with Crippen LogP contribution in [0, 0.1) is 11.8 Å². The Kier molecular flexibility index (Phi) is 6.27. The van der Waals surface area contributed by atoms with Crippen LogP contribution in [0.5, 0.6) is 0 Å². The summed E-state index contributed by atoms with van der Waals surface area (Å²) in [5, 5.41) is 9.73. The summed E-state index contributed by atoms with van der Waals surface area (Å²) in [6.45, 7) is 9.58. The van der Waals surface area contributed by atoms with E-state index in [1.54, 1.807) is 6.08 Å². The summed E-state index contributed by atoms with van der Waals surface area (Å²) < 4.78 is 18.7. The van der Waals surface area contributed by atoms with E-state index in [4.69, 9.17) is 14.2 Å². The second kappa shape index (κ2) is 8.73. The minimum atomic E-state index is -1.21. The average Bonchev–Trinajstić information content (AvgIpc) is 3.28. The van der Waals surface area contributed by atoms with Gasteiger partial charge in [-0.15, -0.1) is 0 Å². The lowest BCUT2D eigenvalue weighted by Gasteiger charge is -2.50. The normalized spacial score (nSPS) is 34.0. The molecule has 2 fully saturated rings.